The first-order valence-corrected chi connectivity index (χ1v) is 10.1. The third-order valence-corrected chi connectivity index (χ3v) is 6.73. The maximum Gasteiger partial charge on any atom is 0.312 e. The minimum atomic E-state index is -0.850. The number of hydrazine groups is 1. The fourth-order valence-electron chi connectivity index (χ4n) is 5.96. The van der Waals surface area contributed by atoms with Crippen LogP contribution < -0.4 is 21.9 Å². The number of nitrogens with two attached hydrogens (primary N) is 1. The molecular formula is C21H28N4O3. The van der Waals surface area contributed by atoms with Crippen molar-refractivity contribution in [3.63, 3.8) is 0 Å². The monoisotopic (exact) mass is 384 g/mol. The van der Waals surface area contributed by atoms with Gasteiger partial charge >= 0.3 is 6.03 Å². The largest absolute Gasteiger partial charge is 0.352 e. The number of benzene rings is 1. The summed E-state index contributed by atoms with van der Waals surface area (Å²) in [6, 6.07) is 7.73. The van der Waals surface area contributed by atoms with Crippen molar-refractivity contribution in [1.29, 1.82) is 0 Å². The molecule has 5 N–H and O–H groups in total. The summed E-state index contributed by atoms with van der Waals surface area (Å²) < 4.78 is 0. The van der Waals surface area contributed by atoms with E-state index >= 15 is 0 Å². The number of urea groups is 1. The van der Waals surface area contributed by atoms with Crippen LogP contribution in [0.15, 0.2) is 30.3 Å². The van der Waals surface area contributed by atoms with Gasteiger partial charge in [0.15, 0.2) is 0 Å². The van der Waals surface area contributed by atoms with E-state index in [-0.39, 0.29) is 11.3 Å². The van der Waals surface area contributed by atoms with Crippen LogP contribution in [0.2, 0.25) is 0 Å². The average Bonchev–Trinajstić information content (AvgIpc) is 2.64. The molecule has 4 aliphatic carbocycles. The van der Waals surface area contributed by atoms with Crippen LogP contribution in [0, 0.1) is 23.2 Å². The summed E-state index contributed by atoms with van der Waals surface area (Å²) in [5, 5.41) is 2.46. The van der Waals surface area contributed by atoms with Crippen LogP contribution in [-0.4, -0.2) is 23.9 Å². The molecule has 0 heterocycles. The van der Waals surface area contributed by atoms with Gasteiger partial charge in [0.05, 0.1) is 5.41 Å². The lowest BCUT2D eigenvalue weighted by Gasteiger charge is -2.55. The van der Waals surface area contributed by atoms with Gasteiger partial charge in [0.1, 0.15) is 6.04 Å². The van der Waals surface area contributed by atoms with Crippen molar-refractivity contribution in [1.82, 2.24) is 16.2 Å². The second kappa shape index (κ2) is 7.45. The molecule has 0 radical (unpaired) electrons. The van der Waals surface area contributed by atoms with Crippen LogP contribution in [-0.2, 0) is 16.0 Å². The molecular weight excluding hydrogens is 356 g/mol. The van der Waals surface area contributed by atoms with Gasteiger partial charge in [-0.15, -0.1) is 0 Å². The first kappa shape index (κ1) is 18.8. The number of hydrogen-bond acceptors (Lipinski definition) is 3. The highest BCUT2D eigenvalue weighted by atomic mass is 16.2. The summed E-state index contributed by atoms with van der Waals surface area (Å²) >= 11 is 0. The maximum atomic E-state index is 13.0. The molecule has 28 heavy (non-hydrogen) atoms. The van der Waals surface area contributed by atoms with Gasteiger partial charge in [0, 0.05) is 6.42 Å². The average molecular weight is 384 g/mol. The zero-order valence-corrected chi connectivity index (χ0v) is 15.9. The van der Waals surface area contributed by atoms with Crippen LogP contribution in [0.1, 0.15) is 44.1 Å². The molecule has 7 nitrogen and oxygen atoms in total. The van der Waals surface area contributed by atoms with Gasteiger partial charge in [-0.05, 0) is 61.8 Å². The molecule has 5 rings (SSSR count). The SMILES string of the molecule is NC(=O)N[C@@H](Cc1ccccc1)C(=O)NNC(=O)C12CC3CC(CC(C3)C1)C2. The summed E-state index contributed by atoms with van der Waals surface area (Å²) in [4.78, 5) is 36.9. The number of amides is 4. The molecule has 4 fully saturated rings. The maximum absolute atomic E-state index is 13.0. The van der Waals surface area contributed by atoms with Crippen molar-refractivity contribution in [3.8, 4) is 0 Å². The molecule has 0 aliphatic heterocycles. The van der Waals surface area contributed by atoms with Crippen LogP contribution in [0.3, 0.4) is 0 Å². The van der Waals surface area contributed by atoms with Gasteiger partial charge in [-0.1, -0.05) is 30.3 Å². The quantitative estimate of drug-likeness (QED) is 0.579. The third-order valence-electron chi connectivity index (χ3n) is 6.73. The van der Waals surface area contributed by atoms with Gasteiger partial charge in [0.2, 0.25) is 5.91 Å². The fourth-order valence-corrected chi connectivity index (χ4v) is 5.96. The number of carbonyl (C=O) groups excluding carboxylic acids is 3. The van der Waals surface area contributed by atoms with Gasteiger partial charge < -0.3 is 11.1 Å². The summed E-state index contributed by atoms with van der Waals surface area (Å²) in [7, 11) is 0. The molecule has 4 bridgehead atoms. The molecule has 0 spiro atoms. The first-order valence-electron chi connectivity index (χ1n) is 10.1. The Morgan fingerprint density at radius 3 is 2.07 bits per heavy atom. The summed E-state index contributed by atoms with van der Waals surface area (Å²) in [6.45, 7) is 0. The highest BCUT2D eigenvalue weighted by molar-refractivity contribution is 5.90. The topological polar surface area (TPSA) is 113 Å². The fraction of sp³-hybridized carbons (Fsp3) is 0.571. The second-order valence-corrected chi connectivity index (χ2v) is 8.89. The molecule has 4 saturated carbocycles. The second-order valence-electron chi connectivity index (χ2n) is 8.89. The molecule has 0 saturated heterocycles. The van der Waals surface area contributed by atoms with Crippen molar-refractivity contribution >= 4 is 17.8 Å². The van der Waals surface area contributed by atoms with Crippen LogP contribution in [0.25, 0.3) is 0 Å². The van der Waals surface area contributed by atoms with Crippen LogP contribution in [0.4, 0.5) is 4.79 Å². The Kier molecular flexibility index (Phi) is 5.00. The summed E-state index contributed by atoms with van der Waals surface area (Å²) in [5.41, 5.74) is 11.0. The smallest absolute Gasteiger partial charge is 0.312 e. The third kappa shape index (κ3) is 3.84. The number of rotatable bonds is 5. The van der Waals surface area contributed by atoms with Crippen LogP contribution in [0.5, 0.6) is 0 Å². The lowest BCUT2D eigenvalue weighted by molar-refractivity contribution is -0.149. The Balaban J connectivity index is 1.37. The Hall–Kier alpha value is -2.57. The first-order chi connectivity index (χ1) is 13.4. The van der Waals surface area contributed by atoms with E-state index in [1.165, 1.54) is 19.3 Å². The lowest BCUT2D eigenvalue weighted by Crippen LogP contribution is -2.59. The van der Waals surface area contributed by atoms with E-state index < -0.39 is 18.0 Å². The number of nitrogens with one attached hydrogen (secondary N) is 3. The van der Waals surface area contributed by atoms with Crippen LogP contribution >= 0.6 is 0 Å². The zero-order chi connectivity index (χ0) is 19.7. The molecule has 4 aliphatic rings. The Labute approximate surface area is 164 Å². The Morgan fingerprint density at radius 2 is 1.54 bits per heavy atom. The lowest BCUT2D eigenvalue weighted by atomic mass is 9.49. The van der Waals surface area contributed by atoms with E-state index in [1.807, 2.05) is 30.3 Å². The normalized spacial score (nSPS) is 31.1. The minimum Gasteiger partial charge on any atom is -0.352 e. The van der Waals surface area contributed by atoms with Gasteiger partial charge in [-0.25, -0.2) is 4.79 Å². The number of primary amides is 1. The molecule has 7 heteroatoms. The standard InChI is InChI=1S/C21H28N4O3/c22-20(28)23-17(9-13-4-2-1-3-5-13)18(26)24-25-19(27)21-10-14-6-15(11-21)8-16(7-14)12-21/h1-5,14-17H,6-12H2,(H,24,26)(H,25,27)(H3,22,23,28)/t14?,15?,16?,17-,21?/m0/s1. The van der Waals surface area contributed by atoms with E-state index in [1.54, 1.807) is 0 Å². The number of carbonyl (C=O) groups is 3. The van der Waals surface area contributed by atoms with E-state index in [0.717, 1.165) is 24.8 Å². The van der Waals surface area contributed by atoms with Crippen molar-refractivity contribution in [2.75, 3.05) is 0 Å². The van der Waals surface area contributed by atoms with Gasteiger partial charge in [-0.2, -0.15) is 0 Å². The van der Waals surface area contributed by atoms with E-state index in [2.05, 4.69) is 16.2 Å². The highest BCUT2D eigenvalue weighted by Gasteiger charge is 2.54. The Bertz CT molecular complexity index is 729. The van der Waals surface area contributed by atoms with Gasteiger partial charge in [-0.3, -0.25) is 20.4 Å². The van der Waals surface area contributed by atoms with Crippen molar-refractivity contribution in [2.45, 2.75) is 51.0 Å². The Morgan fingerprint density at radius 1 is 0.964 bits per heavy atom. The molecule has 1 aromatic rings. The molecule has 0 unspecified atom stereocenters. The summed E-state index contributed by atoms with van der Waals surface area (Å²) in [6.07, 6.45) is 6.82. The van der Waals surface area contributed by atoms with E-state index in [4.69, 9.17) is 5.73 Å². The van der Waals surface area contributed by atoms with E-state index in [9.17, 15) is 14.4 Å². The summed E-state index contributed by atoms with van der Waals surface area (Å²) in [5.74, 6) is 1.39. The zero-order valence-electron chi connectivity index (χ0n) is 15.9. The van der Waals surface area contributed by atoms with Crippen molar-refractivity contribution in [2.24, 2.45) is 28.9 Å². The van der Waals surface area contributed by atoms with Crippen molar-refractivity contribution in [3.05, 3.63) is 35.9 Å². The van der Waals surface area contributed by atoms with E-state index in [0.29, 0.717) is 24.2 Å². The number of hydrogen-bond donors (Lipinski definition) is 4. The predicted molar refractivity (Wildman–Crippen MR) is 104 cm³/mol. The highest BCUT2D eigenvalue weighted by Crippen LogP contribution is 2.60. The molecule has 1 aromatic carbocycles. The molecule has 150 valence electrons. The van der Waals surface area contributed by atoms with Gasteiger partial charge in [0.25, 0.3) is 5.91 Å². The molecule has 4 amide bonds. The minimum absolute atomic E-state index is 0.0857. The van der Waals surface area contributed by atoms with Crippen molar-refractivity contribution < 1.29 is 14.4 Å². The molecule has 1 atom stereocenters. The predicted octanol–water partition coefficient (Wildman–Crippen LogP) is 1.63. The molecule has 0 aromatic heterocycles.